The van der Waals surface area contributed by atoms with Crippen molar-refractivity contribution in [3.05, 3.63) is 145 Å². The fourth-order valence-corrected chi connectivity index (χ4v) is 5.11. The summed E-state index contributed by atoms with van der Waals surface area (Å²) < 4.78 is 43.1. The van der Waals surface area contributed by atoms with Gasteiger partial charge in [-0.3, -0.25) is 0 Å². The van der Waals surface area contributed by atoms with Crippen LogP contribution in [0.3, 0.4) is 0 Å². The van der Waals surface area contributed by atoms with Crippen molar-refractivity contribution in [1.29, 1.82) is 0 Å². The zero-order chi connectivity index (χ0) is 44.4. The first-order chi connectivity index (χ1) is 30.2. The van der Waals surface area contributed by atoms with Crippen LogP contribution in [0.2, 0.25) is 0 Å². The lowest BCUT2D eigenvalue weighted by Gasteiger charge is -2.09. The summed E-state index contributed by atoms with van der Waals surface area (Å²) in [5.74, 6) is 0.377. The van der Waals surface area contributed by atoms with Gasteiger partial charge in [0.1, 0.15) is 11.5 Å². The Kier molecular flexibility index (Phi) is 20.0. The van der Waals surface area contributed by atoms with E-state index < -0.39 is 23.9 Å². The lowest BCUT2D eigenvalue weighted by molar-refractivity contribution is -0.138. The molecule has 0 saturated carbocycles. The van der Waals surface area contributed by atoms with Gasteiger partial charge < -0.3 is 37.9 Å². The van der Waals surface area contributed by atoms with E-state index in [2.05, 4.69) is 23.4 Å². The Morgan fingerprint density at radius 1 is 0.484 bits per heavy atom. The monoisotopic (exact) mass is 844 g/mol. The van der Waals surface area contributed by atoms with Gasteiger partial charge in [0.05, 0.1) is 53.1 Å². The van der Waals surface area contributed by atoms with Crippen molar-refractivity contribution in [3.8, 4) is 34.5 Å². The van der Waals surface area contributed by atoms with Crippen molar-refractivity contribution in [2.45, 2.75) is 25.7 Å². The second-order valence-electron chi connectivity index (χ2n) is 12.8. The Labute approximate surface area is 360 Å². The number of hydrogen-bond acceptors (Lipinski definition) is 14. The van der Waals surface area contributed by atoms with Crippen molar-refractivity contribution in [1.82, 2.24) is 0 Å². The van der Waals surface area contributed by atoms with Gasteiger partial charge in [-0.2, -0.15) is 10.2 Å². The van der Waals surface area contributed by atoms with Crippen molar-refractivity contribution >= 4 is 48.5 Å². The molecular weight excluding hydrogens is 797 g/mol. The molecule has 0 fully saturated rings. The number of hydrogen-bond donors (Lipinski definition) is 0. The summed E-state index contributed by atoms with van der Waals surface area (Å²) in [6, 6.07) is 24.3. The molecule has 0 saturated heterocycles. The second-order valence-corrected chi connectivity index (χ2v) is 12.8. The van der Waals surface area contributed by atoms with Crippen LogP contribution in [0.15, 0.2) is 133 Å². The molecule has 0 amide bonds. The molecule has 4 aromatic carbocycles. The van der Waals surface area contributed by atoms with Gasteiger partial charge in [0.2, 0.25) is 0 Å². The van der Waals surface area contributed by atoms with E-state index in [-0.39, 0.29) is 11.5 Å². The van der Waals surface area contributed by atoms with E-state index in [1.54, 1.807) is 72.8 Å². The molecule has 0 spiro atoms. The van der Waals surface area contributed by atoms with Crippen LogP contribution in [0.5, 0.6) is 34.5 Å². The number of benzene rings is 4. The van der Waals surface area contributed by atoms with E-state index in [1.807, 2.05) is 24.3 Å². The van der Waals surface area contributed by atoms with Crippen LogP contribution in [0.4, 0.5) is 0 Å². The van der Waals surface area contributed by atoms with Crippen molar-refractivity contribution in [2.75, 3.05) is 40.6 Å². The van der Waals surface area contributed by atoms with Gasteiger partial charge in [-0.05, 0) is 121 Å². The zero-order valence-electron chi connectivity index (χ0n) is 34.6. The molecular formula is C48H48N2O12. The molecule has 0 aliphatic heterocycles. The first-order valence-corrected chi connectivity index (χ1v) is 19.5. The maximum Gasteiger partial charge on any atom is 0.336 e. The second kappa shape index (κ2) is 26.4. The van der Waals surface area contributed by atoms with E-state index in [0.717, 1.165) is 36.1 Å². The molecule has 0 aliphatic rings. The quantitative estimate of drug-likeness (QED) is 0.0157. The molecule has 0 aromatic heterocycles. The van der Waals surface area contributed by atoms with E-state index in [1.165, 1.54) is 38.8 Å². The summed E-state index contributed by atoms with van der Waals surface area (Å²) in [4.78, 5) is 47.3. The fourth-order valence-electron chi connectivity index (χ4n) is 5.11. The maximum atomic E-state index is 12.6. The summed E-state index contributed by atoms with van der Waals surface area (Å²) in [5.41, 5.74) is 2.83. The Morgan fingerprint density at radius 2 is 0.855 bits per heavy atom. The highest BCUT2D eigenvalue weighted by molar-refractivity contribution is 5.90. The third-order valence-corrected chi connectivity index (χ3v) is 8.30. The minimum absolute atomic E-state index is 0.226. The standard InChI is InChI=1S/C48H48N2O12/c1-5-45(51)59-29-9-7-27-57-39-19-11-35(12-20-39)17-25-47(53)61-41-23-15-37(31-43(41)55-3)33-49-50-34-38-16-24-42(44(32-38)56-4)62-48(54)26-18-36-13-21-40(22-14-36)58-28-8-10-30-60-46(52)6-2/h5-6,11-26,31-34H,1-2,7-10,27-30H2,3-4H3. The molecule has 14 heteroatoms. The fraction of sp³-hybridized carbons (Fsp3) is 0.208. The smallest absolute Gasteiger partial charge is 0.336 e. The van der Waals surface area contributed by atoms with Gasteiger partial charge in [0, 0.05) is 24.3 Å². The maximum absolute atomic E-state index is 12.6. The number of carbonyl (C=O) groups is 4. The molecule has 0 aliphatic carbocycles. The van der Waals surface area contributed by atoms with Crippen LogP contribution < -0.4 is 28.4 Å². The Morgan fingerprint density at radius 3 is 1.23 bits per heavy atom. The highest BCUT2D eigenvalue weighted by Gasteiger charge is 2.11. The molecule has 4 rings (SSSR count). The number of nitrogens with zero attached hydrogens (tertiary/aromatic N) is 2. The molecule has 0 heterocycles. The summed E-state index contributed by atoms with van der Waals surface area (Å²) in [5, 5.41) is 8.22. The van der Waals surface area contributed by atoms with Crippen LogP contribution in [-0.4, -0.2) is 77.0 Å². The zero-order valence-corrected chi connectivity index (χ0v) is 34.6. The highest BCUT2D eigenvalue weighted by Crippen LogP contribution is 2.29. The first-order valence-electron chi connectivity index (χ1n) is 19.5. The molecule has 62 heavy (non-hydrogen) atoms. The number of methoxy groups -OCH3 is 2. The van der Waals surface area contributed by atoms with Gasteiger partial charge in [0.25, 0.3) is 0 Å². The van der Waals surface area contributed by atoms with Crippen LogP contribution in [0, 0.1) is 0 Å². The van der Waals surface area contributed by atoms with Crippen molar-refractivity contribution < 1.29 is 57.1 Å². The SMILES string of the molecule is C=CC(=O)OCCCCOc1ccc(C=CC(=O)Oc2ccc(C=NN=Cc3ccc(OC(=O)C=Cc4ccc(OCCCCOC(=O)C=C)cc4)c(OC)c3)cc2OC)cc1. The number of rotatable bonds is 25. The molecule has 0 unspecified atom stereocenters. The number of unbranched alkanes of at least 4 members (excludes halogenated alkanes) is 2. The van der Waals surface area contributed by atoms with Crippen molar-refractivity contribution in [3.63, 3.8) is 0 Å². The van der Waals surface area contributed by atoms with Crippen LogP contribution in [-0.2, 0) is 28.7 Å². The van der Waals surface area contributed by atoms with Gasteiger partial charge in [-0.1, -0.05) is 37.4 Å². The van der Waals surface area contributed by atoms with Crippen molar-refractivity contribution in [2.24, 2.45) is 10.2 Å². The predicted octanol–water partition coefficient (Wildman–Crippen LogP) is 8.17. The Hall–Kier alpha value is -7.74. The number of esters is 4. The van der Waals surface area contributed by atoms with E-state index in [4.69, 9.17) is 37.9 Å². The third kappa shape index (κ3) is 17.2. The lowest BCUT2D eigenvalue weighted by Crippen LogP contribution is -2.05. The summed E-state index contributed by atoms with van der Waals surface area (Å²) >= 11 is 0. The van der Waals surface area contributed by atoms with E-state index in [0.29, 0.717) is 73.4 Å². The van der Waals surface area contributed by atoms with Gasteiger partial charge >= 0.3 is 23.9 Å². The summed E-state index contributed by atoms with van der Waals surface area (Å²) in [6.07, 6.45) is 13.9. The van der Waals surface area contributed by atoms with Gasteiger partial charge in [0.15, 0.2) is 23.0 Å². The normalized spacial score (nSPS) is 11.1. The number of carbonyl (C=O) groups excluding carboxylic acids is 4. The molecule has 322 valence electrons. The molecule has 0 radical (unpaired) electrons. The van der Waals surface area contributed by atoms with Crippen LogP contribution >= 0.6 is 0 Å². The van der Waals surface area contributed by atoms with Crippen LogP contribution in [0.25, 0.3) is 12.2 Å². The Balaban J connectivity index is 1.21. The van der Waals surface area contributed by atoms with Gasteiger partial charge in [-0.15, -0.1) is 0 Å². The molecule has 14 nitrogen and oxygen atoms in total. The van der Waals surface area contributed by atoms with Crippen LogP contribution in [0.1, 0.15) is 47.9 Å². The largest absolute Gasteiger partial charge is 0.494 e. The van der Waals surface area contributed by atoms with E-state index >= 15 is 0 Å². The predicted molar refractivity (Wildman–Crippen MR) is 235 cm³/mol. The average Bonchev–Trinajstić information content (AvgIpc) is 3.29. The molecule has 0 N–H and O–H groups in total. The Bertz CT molecular complexity index is 2080. The highest BCUT2D eigenvalue weighted by atomic mass is 16.6. The third-order valence-electron chi connectivity index (χ3n) is 8.30. The summed E-state index contributed by atoms with van der Waals surface area (Å²) in [6.45, 7) is 8.28. The lowest BCUT2D eigenvalue weighted by atomic mass is 10.2. The first kappa shape index (κ1) is 46.9. The van der Waals surface area contributed by atoms with E-state index in [9.17, 15) is 19.2 Å². The molecule has 4 aromatic rings. The minimum atomic E-state index is -0.594. The minimum Gasteiger partial charge on any atom is -0.494 e. The average molecular weight is 845 g/mol. The molecule has 0 bridgehead atoms. The summed E-state index contributed by atoms with van der Waals surface area (Å²) in [7, 11) is 2.92. The molecule has 0 atom stereocenters. The topological polar surface area (TPSA) is 167 Å². The number of ether oxygens (including phenoxy) is 8. The van der Waals surface area contributed by atoms with Gasteiger partial charge in [-0.25, -0.2) is 19.2 Å².